The SMILES string of the molecule is O.O.O=S(=O)(O)CCCCCCS(=O)(=O)O.O=S(=O)(O)O.[NaH]. The summed E-state index contributed by atoms with van der Waals surface area (Å²) >= 11 is 0. The van der Waals surface area contributed by atoms with Crippen molar-refractivity contribution in [1.82, 2.24) is 0 Å². The molecule has 22 heavy (non-hydrogen) atoms. The minimum absolute atomic E-state index is 0. The van der Waals surface area contributed by atoms with E-state index in [1.54, 1.807) is 0 Å². The Kier molecular flexibility index (Phi) is 23.5. The molecule has 0 aromatic heterocycles. The van der Waals surface area contributed by atoms with Crippen LogP contribution in [0, 0.1) is 0 Å². The molecule has 12 nitrogen and oxygen atoms in total. The fraction of sp³-hybridized carbons (Fsp3) is 1.00. The van der Waals surface area contributed by atoms with Crippen LogP contribution in [0.3, 0.4) is 0 Å². The molecular formula is C6H21NaO12S3. The van der Waals surface area contributed by atoms with Crippen LogP contribution in [0.4, 0.5) is 0 Å². The summed E-state index contributed by atoms with van der Waals surface area (Å²) in [5.41, 5.74) is 0. The molecule has 136 valence electrons. The van der Waals surface area contributed by atoms with Crippen molar-refractivity contribution < 1.29 is 54.4 Å². The Labute approximate surface area is 151 Å². The van der Waals surface area contributed by atoms with Gasteiger partial charge in [-0.1, -0.05) is 12.8 Å². The Morgan fingerprint density at radius 2 is 0.727 bits per heavy atom. The standard InChI is InChI=1S/C6H14O6S2.Na.H2O4S.2H2O.H/c7-13(8,9)5-3-1-2-4-6-14(10,11)12;;1-5(2,3)4;;;/h1-6H2,(H,7,8,9)(H,10,11,12);;(H2,1,2,3,4);2*1H2;. The molecule has 0 bridgehead atoms. The van der Waals surface area contributed by atoms with Crippen molar-refractivity contribution in [1.29, 1.82) is 0 Å². The molecule has 0 saturated heterocycles. The number of hydrogen-bond donors (Lipinski definition) is 4. The van der Waals surface area contributed by atoms with Gasteiger partial charge in [-0.15, -0.1) is 0 Å². The van der Waals surface area contributed by atoms with Crippen LogP contribution in [0.15, 0.2) is 0 Å². The van der Waals surface area contributed by atoms with Gasteiger partial charge in [0.2, 0.25) is 0 Å². The van der Waals surface area contributed by atoms with Gasteiger partial charge in [0, 0.05) is 0 Å². The molecule has 0 aliphatic carbocycles. The molecule has 0 aromatic rings. The average Bonchev–Trinajstić information content (AvgIpc) is 2.04. The summed E-state index contributed by atoms with van der Waals surface area (Å²) in [6, 6.07) is 0. The van der Waals surface area contributed by atoms with Gasteiger partial charge in [-0.3, -0.25) is 18.2 Å². The van der Waals surface area contributed by atoms with Crippen LogP contribution in [0.5, 0.6) is 0 Å². The quantitative estimate of drug-likeness (QED) is 0.195. The molecule has 8 N–H and O–H groups in total. The molecule has 0 saturated carbocycles. The maximum absolute atomic E-state index is 10.2. The Morgan fingerprint density at radius 1 is 0.545 bits per heavy atom. The average molecular weight is 404 g/mol. The van der Waals surface area contributed by atoms with Crippen molar-refractivity contribution >= 4 is 60.2 Å². The van der Waals surface area contributed by atoms with Gasteiger partial charge in [-0.05, 0) is 12.8 Å². The van der Waals surface area contributed by atoms with E-state index in [4.69, 9.17) is 26.6 Å². The molecule has 0 aliphatic rings. The predicted octanol–water partition coefficient (Wildman–Crippen LogP) is -2.63. The van der Waals surface area contributed by atoms with E-state index in [1.165, 1.54) is 0 Å². The molecular weight excluding hydrogens is 383 g/mol. The van der Waals surface area contributed by atoms with E-state index in [2.05, 4.69) is 0 Å². The van der Waals surface area contributed by atoms with Crippen molar-refractivity contribution in [3.8, 4) is 0 Å². The zero-order valence-corrected chi connectivity index (χ0v) is 13.2. The van der Waals surface area contributed by atoms with Crippen molar-refractivity contribution in [3.05, 3.63) is 0 Å². The van der Waals surface area contributed by atoms with Gasteiger partial charge in [0.1, 0.15) is 0 Å². The Bertz CT molecular complexity index is 491. The summed E-state index contributed by atoms with van der Waals surface area (Å²) in [6.07, 6.45) is 1.61. The van der Waals surface area contributed by atoms with E-state index in [1.807, 2.05) is 0 Å². The predicted molar refractivity (Wildman–Crippen MR) is 79.9 cm³/mol. The van der Waals surface area contributed by atoms with Crippen LogP contribution in [0.2, 0.25) is 0 Å². The number of hydrogen-bond acceptors (Lipinski definition) is 6. The molecule has 0 aliphatic heterocycles. The van der Waals surface area contributed by atoms with Crippen molar-refractivity contribution in [2.75, 3.05) is 11.5 Å². The summed E-state index contributed by atoms with van der Waals surface area (Å²) < 4.78 is 89.2. The van der Waals surface area contributed by atoms with E-state index in [-0.39, 0.29) is 52.0 Å². The van der Waals surface area contributed by atoms with Crippen LogP contribution < -0.4 is 0 Å². The van der Waals surface area contributed by atoms with Crippen LogP contribution in [-0.2, 0) is 30.6 Å². The van der Waals surface area contributed by atoms with Crippen LogP contribution in [-0.4, -0.2) is 95.5 Å². The van der Waals surface area contributed by atoms with E-state index < -0.39 is 30.6 Å². The third-order valence-electron chi connectivity index (χ3n) is 1.55. The molecule has 0 amide bonds. The number of rotatable bonds is 7. The van der Waals surface area contributed by atoms with Crippen LogP contribution >= 0.6 is 0 Å². The van der Waals surface area contributed by atoms with Crippen molar-refractivity contribution in [3.63, 3.8) is 0 Å². The third kappa shape index (κ3) is 58.8. The second-order valence-electron chi connectivity index (χ2n) is 3.43. The van der Waals surface area contributed by atoms with Gasteiger partial charge < -0.3 is 11.0 Å². The summed E-state index contributed by atoms with van der Waals surface area (Å²) in [6.45, 7) is 0. The van der Waals surface area contributed by atoms with Crippen molar-refractivity contribution in [2.24, 2.45) is 0 Å². The van der Waals surface area contributed by atoms with Gasteiger partial charge in [0.25, 0.3) is 20.2 Å². The first-order chi connectivity index (χ1) is 8.21. The Morgan fingerprint density at radius 3 is 0.864 bits per heavy atom. The van der Waals surface area contributed by atoms with Crippen LogP contribution in [0.25, 0.3) is 0 Å². The first-order valence-corrected chi connectivity index (χ1v) is 9.42. The zero-order valence-electron chi connectivity index (χ0n) is 10.7. The third-order valence-corrected chi connectivity index (χ3v) is 3.16. The van der Waals surface area contributed by atoms with Gasteiger partial charge >= 0.3 is 40.0 Å². The number of unbranched alkanes of at least 4 members (excludes halogenated alkanes) is 3. The first-order valence-electron chi connectivity index (χ1n) is 4.81. The second-order valence-corrected chi connectivity index (χ2v) is 7.47. The summed E-state index contributed by atoms with van der Waals surface area (Å²) in [5.74, 6) is -0.613. The van der Waals surface area contributed by atoms with E-state index in [9.17, 15) is 16.8 Å². The molecule has 0 spiro atoms. The Balaban J connectivity index is -0.000000105. The fourth-order valence-corrected chi connectivity index (χ4v) is 2.06. The fourth-order valence-electron chi connectivity index (χ4n) is 0.922. The molecule has 0 aromatic carbocycles. The normalized spacial score (nSPS) is 10.9. The van der Waals surface area contributed by atoms with Crippen molar-refractivity contribution in [2.45, 2.75) is 25.7 Å². The molecule has 0 unspecified atom stereocenters. The van der Waals surface area contributed by atoms with E-state index >= 15 is 0 Å². The van der Waals surface area contributed by atoms with Crippen LogP contribution in [0.1, 0.15) is 25.7 Å². The second kappa shape index (κ2) is 15.2. The molecule has 0 atom stereocenters. The monoisotopic (exact) mass is 404 g/mol. The van der Waals surface area contributed by atoms with Gasteiger partial charge in [-0.25, -0.2) is 0 Å². The molecule has 0 fully saturated rings. The Hall–Kier alpha value is 0.610. The molecule has 0 heterocycles. The van der Waals surface area contributed by atoms with Gasteiger partial charge in [0.15, 0.2) is 0 Å². The van der Waals surface area contributed by atoms with Gasteiger partial charge in [-0.2, -0.15) is 25.3 Å². The van der Waals surface area contributed by atoms with E-state index in [0.29, 0.717) is 25.7 Å². The summed E-state index contributed by atoms with van der Waals surface area (Å²) in [7, 11) is -12.5. The minimum atomic E-state index is -4.67. The van der Waals surface area contributed by atoms with Gasteiger partial charge in [0.05, 0.1) is 11.5 Å². The van der Waals surface area contributed by atoms with E-state index in [0.717, 1.165) is 0 Å². The zero-order chi connectivity index (χ0) is 15.7. The summed E-state index contributed by atoms with van der Waals surface area (Å²) in [4.78, 5) is 0. The molecule has 0 radical (unpaired) electrons. The molecule has 0 rings (SSSR count). The topological polar surface area (TPSA) is 246 Å². The maximum atomic E-state index is 10.2. The summed E-state index contributed by atoms with van der Waals surface area (Å²) in [5, 5.41) is 0. The first kappa shape index (κ1) is 34.0. The molecule has 16 heteroatoms.